The minimum atomic E-state index is 0.0818. The van der Waals surface area contributed by atoms with E-state index in [1.807, 2.05) is 47.4 Å². The van der Waals surface area contributed by atoms with E-state index < -0.39 is 0 Å². The van der Waals surface area contributed by atoms with E-state index in [-0.39, 0.29) is 12.0 Å². The average molecular weight is 342 g/mol. The molecular formula is C19H22N2O2S. The minimum Gasteiger partial charge on any atom is -0.379 e. The third-order valence-electron chi connectivity index (χ3n) is 4.44. The zero-order valence-corrected chi connectivity index (χ0v) is 14.8. The number of aromatic nitrogens is 1. The van der Waals surface area contributed by atoms with Crippen molar-refractivity contribution in [2.45, 2.75) is 29.4 Å². The number of hydrogen-bond donors (Lipinski definition) is 0. The van der Waals surface area contributed by atoms with Crippen LogP contribution in [0.25, 0.3) is 0 Å². The first-order valence-electron chi connectivity index (χ1n) is 8.18. The number of carbonyl (C=O) groups is 1. The predicted molar refractivity (Wildman–Crippen MR) is 95.3 cm³/mol. The Balaban J connectivity index is 1.66. The first-order chi connectivity index (χ1) is 11.7. The first kappa shape index (κ1) is 17.0. The van der Waals surface area contributed by atoms with Gasteiger partial charge in [-0.25, -0.2) is 4.98 Å². The van der Waals surface area contributed by atoms with Gasteiger partial charge in [-0.1, -0.05) is 24.8 Å². The summed E-state index contributed by atoms with van der Waals surface area (Å²) in [5.41, 5.74) is 0.727. The third kappa shape index (κ3) is 3.97. The lowest BCUT2D eigenvalue weighted by atomic mass is 9.95. The Morgan fingerprint density at radius 3 is 2.71 bits per heavy atom. The highest BCUT2D eigenvalue weighted by Crippen LogP contribution is 2.26. The second kappa shape index (κ2) is 7.81. The van der Waals surface area contributed by atoms with E-state index in [9.17, 15) is 4.79 Å². The van der Waals surface area contributed by atoms with Crippen molar-refractivity contribution in [2.75, 3.05) is 20.2 Å². The van der Waals surface area contributed by atoms with Crippen molar-refractivity contribution in [1.29, 1.82) is 0 Å². The van der Waals surface area contributed by atoms with Gasteiger partial charge in [0.05, 0.1) is 6.10 Å². The molecule has 2 atom stereocenters. The topological polar surface area (TPSA) is 42.4 Å². The predicted octanol–water partition coefficient (Wildman–Crippen LogP) is 3.73. The van der Waals surface area contributed by atoms with Crippen LogP contribution in [0.1, 0.15) is 23.7 Å². The number of likely N-dealkylation sites (tertiary alicyclic amines) is 1. The van der Waals surface area contributed by atoms with Crippen molar-refractivity contribution in [2.24, 2.45) is 5.92 Å². The number of methoxy groups -OCH3 is 1. The van der Waals surface area contributed by atoms with Crippen molar-refractivity contribution in [3.05, 3.63) is 54.2 Å². The summed E-state index contributed by atoms with van der Waals surface area (Å²) in [7, 11) is 1.72. The Hall–Kier alpha value is -1.85. The fraction of sp³-hybridized carbons (Fsp3) is 0.368. The molecule has 0 radical (unpaired) electrons. The van der Waals surface area contributed by atoms with Crippen LogP contribution < -0.4 is 0 Å². The van der Waals surface area contributed by atoms with Crippen LogP contribution in [0, 0.1) is 5.92 Å². The summed E-state index contributed by atoms with van der Waals surface area (Å²) in [4.78, 5) is 20.0. The maximum absolute atomic E-state index is 12.7. The Labute approximate surface area is 147 Å². The molecule has 3 rings (SSSR count). The number of ether oxygens (including phenoxy) is 1. The maximum Gasteiger partial charge on any atom is 0.253 e. The van der Waals surface area contributed by atoms with Gasteiger partial charge in [0.1, 0.15) is 5.03 Å². The van der Waals surface area contributed by atoms with Gasteiger partial charge in [0, 0.05) is 36.9 Å². The second-order valence-electron chi connectivity index (χ2n) is 6.09. The van der Waals surface area contributed by atoms with Crippen molar-refractivity contribution < 1.29 is 9.53 Å². The molecule has 1 aromatic heterocycles. The lowest BCUT2D eigenvalue weighted by Gasteiger charge is -2.36. The minimum absolute atomic E-state index is 0.0818. The molecule has 1 saturated heterocycles. The molecule has 0 saturated carbocycles. The number of benzene rings is 1. The third-order valence-corrected chi connectivity index (χ3v) is 5.40. The molecule has 0 N–H and O–H groups in total. The van der Waals surface area contributed by atoms with Crippen LogP contribution in [0.2, 0.25) is 0 Å². The SMILES string of the molecule is CO[C@H]1CN(C(=O)c2ccc(Sc3ccccn3)cc2)CC[C@H]1C. The van der Waals surface area contributed by atoms with Gasteiger partial charge in [-0.05, 0) is 48.7 Å². The Morgan fingerprint density at radius 2 is 2.04 bits per heavy atom. The van der Waals surface area contributed by atoms with Crippen molar-refractivity contribution >= 4 is 17.7 Å². The van der Waals surface area contributed by atoms with Crippen molar-refractivity contribution in [1.82, 2.24) is 9.88 Å². The van der Waals surface area contributed by atoms with Crippen LogP contribution in [0.5, 0.6) is 0 Å². The molecule has 0 bridgehead atoms. The molecule has 0 aliphatic carbocycles. The average Bonchev–Trinajstić information content (AvgIpc) is 2.63. The second-order valence-corrected chi connectivity index (χ2v) is 7.18. The van der Waals surface area contributed by atoms with Gasteiger partial charge in [-0.3, -0.25) is 4.79 Å². The molecule has 0 spiro atoms. The highest BCUT2D eigenvalue weighted by molar-refractivity contribution is 7.99. The largest absolute Gasteiger partial charge is 0.379 e. The van der Waals surface area contributed by atoms with Gasteiger partial charge in [-0.2, -0.15) is 0 Å². The van der Waals surface area contributed by atoms with E-state index in [2.05, 4.69) is 11.9 Å². The van der Waals surface area contributed by atoms with E-state index in [4.69, 9.17) is 4.74 Å². The Morgan fingerprint density at radius 1 is 1.25 bits per heavy atom. The molecule has 2 aromatic rings. The van der Waals surface area contributed by atoms with E-state index in [1.54, 1.807) is 25.1 Å². The number of amides is 1. The molecule has 1 amide bonds. The van der Waals surface area contributed by atoms with Gasteiger partial charge in [0.15, 0.2) is 0 Å². The van der Waals surface area contributed by atoms with Crippen molar-refractivity contribution in [3.63, 3.8) is 0 Å². The van der Waals surface area contributed by atoms with E-state index in [1.165, 1.54) is 0 Å². The van der Waals surface area contributed by atoms with Crippen LogP contribution in [-0.4, -0.2) is 42.1 Å². The first-order valence-corrected chi connectivity index (χ1v) is 9.00. The summed E-state index contributed by atoms with van der Waals surface area (Å²) < 4.78 is 5.50. The summed E-state index contributed by atoms with van der Waals surface area (Å²) >= 11 is 1.59. The summed E-state index contributed by atoms with van der Waals surface area (Å²) in [6.07, 6.45) is 2.89. The molecule has 126 valence electrons. The highest BCUT2D eigenvalue weighted by Gasteiger charge is 2.29. The number of nitrogens with zero attached hydrogens (tertiary/aromatic N) is 2. The number of rotatable bonds is 4. The monoisotopic (exact) mass is 342 g/mol. The van der Waals surface area contributed by atoms with E-state index in [0.29, 0.717) is 12.5 Å². The fourth-order valence-corrected chi connectivity index (χ4v) is 3.68. The smallest absolute Gasteiger partial charge is 0.253 e. The Kier molecular flexibility index (Phi) is 5.53. The van der Waals surface area contributed by atoms with Crippen LogP contribution in [-0.2, 0) is 4.74 Å². The fourth-order valence-electron chi connectivity index (χ4n) is 2.90. The zero-order chi connectivity index (χ0) is 16.9. The molecule has 1 aliphatic heterocycles. The number of hydrogen-bond acceptors (Lipinski definition) is 4. The van der Waals surface area contributed by atoms with E-state index >= 15 is 0 Å². The molecule has 0 unspecified atom stereocenters. The summed E-state index contributed by atoms with van der Waals surface area (Å²) in [6.45, 7) is 3.64. The molecule has 2 heterocycles. The Bertz CT molecular complexity index is 676. The summed E-state index contributed by atoms with van der Waals surface area (Å²) in [5, 5.41) is 0.949. The number of piperidine rings is 1. The van der Waals surface area contributed by atoms with Crippen LogP contribution in [0.4, 0.5) is 0 Å². The zero-order valence-electron chi connectivity index (χ0n) is 14.0. The standard InChI is InChI=1S/C19H22N2O2S/c1-14-10-12-21(13-17(14)23-2)19(22)15-6-8-16(9-7-15)24-18-5-3-4-11-20-18/h3-9,11,14,17H,10,12-13H2,1-2H3/t14-,17+/m1/s1. The van der Waals surface area contributed by atoms with Crippen LogP contribution >= 0.6 is 11.8 Å². The van der Waals surface area contributed by atoms with Crippen LogP contribution in [0.15, 0.2) is 58.6 Å². The molecule has 1 aromatic carbocycles. The van der Waals surface area contributed by atoms with Gasteiger partial charge >= 0.3 is 0 Å². The van der Waals surface area contributed by atoms with Gasteiger partial charge < -0.3 is 9.64 Å². The number of pyridine rings is 1. The molecule has 4 nitrogen and oxygen atoms in total. The number of carbonyl (C=O) groups excluding carboxylic acids is 1. The van der Waals surface area contributed by atoms with E-state index in [0.717, 1.165) is 28.5 Å². The quantitative estimate of drug-likeness (QED) is 0.849. The van der Waals surface area contributed by atoms with Gasteiger partial charge in [-0.15, -0.1) is 0 Å². The lowest BCUT2D eigenvalue weighted by molar-refractivity contribution is -0.00156. The molecular weight excluding hydrogens is 320 g/mol. The van der Waals surface area contributed by atoms with Gasteiger partial charge in [0.25, 0.3) is 5.91 Å². The van der Waals surface area contributed by atoms with Crippen LogP contribution in [0.3, 0.4) is 0 Å². The highest BCUT2D eigenvalue weighted by atomic mass is 32.2. The lowest BCUT2D eigenvalue weighted by Crippen LogP contribution is -2.46. The maximum atomic E-state index is 12.7. The molecule has 5 heteroatoms. The van der Waals surface area contributed by atoms with Gasteiger partial charge in [0.2, 0.25) is 0 Å². The summed E-state index contributed by atoms with van der Waals surface area (Å²) in [5.74, 6) is 0.578. The normalized spacial score (nSPS) is 20.8. The molecule has 24 heavy (non-hydrogen) atoms. The van der Waals surface area contributed by atoms with Crippen molar-refractivity contribution in [3.8, 4) is 0 Å². The molecule has 1 aliphatic rings. The summed E-state index contributed by atoms with van der Waals surface area (Å²) in [6, 6.07) is 13.6. The molecule has 1 fully saturated rings.